The van der Waals surface area contributed by atoms with Crippen LogP contribution in [0, 0.1) is 0 Å². The van der Waals surface area contributed by atoms with Crippen LogP contribution in [-0.2, 0) is 4.79 Å². The van der Waals surface area contributed by atoms with E-state index >= 15 is 0 Å². The number of nitrogens with one attached hydrogen (secondary N) is 1. The van der Waals surface area contributed by atoms with Crippen LogP contribution < -0.4 is 11.1 Å². The van der Waals surface area contributed by atoms with Gasteiger partial charge < -0.3 is 16.2 Å². The van der Waals surface area contributed by atoms with E-state index in [1.165, 1.54) is 0 Å². The molecule has 7 heteroatoms. The summed E-state index contributed by atoms with van der Waals surface area (Å²) in [7, 11) is 1.90. The molecule has 7 nitrogen and oxygen atoms in total. The summed E-state index contributed by atoms with van der Waals surface area (Å²) >= 11 is 0. The topological polar surface area (TPSA) is 109 Å². The second-order valence-corrected chi connectivity index (χ2v) is 5.31. The Balaban J connectivity index is 1.86. The van der Waals surface area contributed by atoms with Crippen LogP contribution in [0.15, 0.2) is 18.2 Å². The van der Waals surface area contributed by atoms with Gasteiger partial charge in [0.15, 0.2) is 0 Å². The van der Waals surface area contributed by atoms with Gasteiger partial charge in [-0.25, -0.2) is 4.98 Å². The van der Waals surface area contributed by atoms with Crippen molar-refractivity contribution in [1.29, 1.82) is 0 Å². The number of rotatable bonds is 5. The molecule has 0 unspecified atom stereocenters. The predicted molar refractivity (Wildman–Crippen MR) is 77.8 cm³/mol. The standard InChI is InChI=1S/C14H20N4O3/c1-18-9(7-13(19)20)5-6-10(18)8-16-14(21)11-3-2-4-12(15)17-11/h2-4,9-10H,5-8H2,1H3,(H2,15,17)(H,16,21)(H,19,20)/t9-,10+/m1/s1. The van der Waals surface area contributed by atoms with Crippen LogP contribution in [0.5, 0.6) is 0 Å². The number of carbonyl (C=O) groups is 2. The minimum Gasteiger partial charge on any atom is -0.481 e. The van der Waals surface area contributed by atoms with Crippen LogP contribution >= 0.6 is 0 Å². The molecule has 0 radical (unpaired) electrons. The van der Waals surface area contributed by atoms with E-state index in [4.69, 9.17) is 10.8 Å². The molecule has 0 saturated carbocycles. The van der Waals surface area contributed by atoms with Gasteiger partial charge in [-0.15, -0.1) is 0 Å². The molecule has 1 fully saturated rings. The van der Waals surface area contributed by atoms with Gasteiger partial charge in [0, 0.05) is 18.6 Å². The highest BCUT2D eigenvalue weighted by molar-refractivity contribution is 5.92. The summed E-state index contributed by atoms with van der Waals surface area (Å²) in [4.78, 5) is 28.7. The average Bonchev–Trinajstić information content (AvgIpc) is 2.76. The van der Waals surface area contributed by atoms with E-state index in [1.807, 2.05) is 11.9 Å². The molecule has 0 spiro atoms. The third kappa shape index (κ3) is 3.91. The first kappa shape index (κ1) is 15.2. The summed E-state index contributed by atoms with van der Waals surface area (Å²) in [6.07, 6.45) is 1.84. The van der Waals surface area contributed by atoms with Gasteiger partial charge in [-0.3, -0.25) is 14.5 Å². The number of carboxylic acid groups (broad SMARTS) is 1. The summed E-state index contributed by atoms with van der Waals surface area (Å²) in [5.74, 6) is -0.750. The summed E-state index contributed by atoms with van der Waals surface area (Å²) in [5.41, 5.74) is 5.84. The highest BCUT2D eigenvalue weighted by atomic mass is 16.4. The lowest BCUT2D eigenvalue weighted by Crippen LogP contribution is -2.41. The Morgan fingerprint density at radius 3 is 2.81 bits per heavy atom. The first-order chi connectivity index (χ1) is 9.97. The Labute approximate surface area is 123 Å². The number of likely N-dealkylation sites (N-methyl/N-ethyl adjacent to an activating group) is 1. The molecule has 0 bridgehead atoms. The number of carbonyl (C=O) groups excluding carboxylic acids is 1. The van der Waals surface area contributed by atoms with Crippen molar-refractivity contribution in [3.05, 3.63) is 23.9 Å². The molecule has 0 aliphatic carbocycles. The van der Waals surface area contributed by atoms with Crippen molar-refractivity contribution >= 4 is 17.7 Å². The highest BCUT2D eigenvalue weighted by Crippen LogP contribution is 2.24. The van der Waals surface area contributed by atoms with E-state index in [1.54, 1.807) is 18.2 Å². The lowest BCUT2D eigenvalue weighted by atomic mass is 10.1. The number of hydrogen-bond donors (Lipinski definition) is 3. The maximum absolute atomic E-state index is 12.0. The number of anilines is 1. The van der Waals surface area contributed by atoms with Crippen molar-refractivity contribution < 1.29 is 14.7 Å². The number of aromatic nitrogens is 1. The fourth-order valence-electron chi connectivity index (χ4n) is 2.66. The third-order valence-corrected chi connectivity index (χ3v) is 3.90. The van der Waals surface area contributed by atoms with Gasteiger partial charge in [-0.05, 0) is 32.0 Å². The zero-order valence-corrected chi connectivity index (χ0v) is 12.0. The number of nitrogens with zero attached hydrogens (tertiary/aromatic N) is 2. The molecule has 1 saturated heterocycles. The lowest BCUT2D eigenvalue weighted by Gasteiger charge is -2.24. The largest absolute Gasteiger partial charge is 0.481 e. The summed E-state index contributed by atoms with van der Waals surface area (Å²) in [5, 5.41) is 11.7. The molecule has 4 N–H and O–H groups in total. The van der Waals surface area contributed by atoms with Gasteiger partial charge in [0.1, 0.15) is 11.5 Å². The van der Waals surface area contributed by atoms with E-state index in [0.29, 0.717) is 12.4 Å². The molecule has 2 rings (SSSR count). The van der Waals surface area contributed by atoms with Crippen LogP contribution in [0.4, 0.5) is 5.82 Å². The summed E-state index contributed by atoms with van der Waals surface area (Å²) in [6, 6.07) is 5.10. The molecule has 1 aliphatic heterocycles. The smallest absolute Gasteiger partial charge is 0.304 e. The number of likely N-dealkylation sites (tertiary alicyclic amines) is 1. The van der Waals surface area contributed by atoms with Crippen molar-refractivity contribution in [2.24, 2.45) is 0 Å². The SMILES string of the molecule is CN1[C@@H](CC(=O)O)CC[C@H]1CNC(=O)c1cccc(N)n1. The number of pyridine rings is 1. The Bertz CT molecular complexity index is 535. The van der Waals surface area contributed by atoms with Gasteiger partial charge in [-0.2, -0.15) is 0 Å². The average molecular weight is 292 g/mol. The predicted octanol–water partition coefficient (Wildman–Crippen LogP) is 0.331. The summed E-state index contributed by atoms with van der Waals surface area (Å²) < 4.78 is 0. The molecule has 1 amide bonds. The van der Waals surface area contributed by atoms with Crippen molar-refractivity contribution in [3.63, 3.8) is 0 Å². The van der Waals surface area contributed by atoms with Gasteiger partial charge in [0.25, 0.3) is 5.91 Å². The van der Waals surface area contributed by atoms with E-state index < -0.39 is 5.97 Å². The fourth-order valence-corrected chi connectivity index (χ4v) is 2.66. The van der Waals surface area contributed by atoms with Crippen molar-refractivity contribution in [2.75, 3.05) is 19.3 Å². The van der Waals surface area contributed by atoms with Crippen LogP contribution in [0.3, 0.4) is 0 Å². The number of nitrogens with two attached hydrogens (primary N) is 1. The quantitative estimate of drug-likeness (QED) is 0.721. The highest BCUT2D eigenvalue weighted by Gasteiger charge is 2.31. The molecule has 2 atom stereocenters. The van der Waals surface area contributed by atoms with Crippen LogP contribution in [-0.4, -0.2) is 52.5 Å². The molecule has 21 heavy (non-hydrogen) atoms. The Kier molecular flexibility index (Phi) is 4.74. The third-order valence-electron chi connectivity index (χ3n) is 3.90. The second kappa shape index (κ2) is 6.53. The maximum Gasteiger partial charge on any atom is 0.304 e. The molecular weight excluding hydrogens is 272 g/mol. The number of hydrogen-bond acceptors (Lipinski definition) is 5. The molecule has 1 aromatic heterocycles. The van der Waals surface area contributed by atoms with Gasteiger partial charge >= 0.3 is 5.97 Å². The molecule has 1 aromatic rings. The summed E-state index contributed by atoms with van der Waals surface area (Å²) in [6.45, 7) is 0.474. The van der Waals surface area contributed by atoms with Gasteiger partial charge in [0.05, 0.1) is 6.42 Å². The minimum atomic E-state index is -0.791. The monoisotopic (exact) mass is 292 g/mol. The van der Waals surface area contributed by atoms with Crippen LogP contribution in [0.25, 0.3) is 0 Å². The fraction of sp³-hybridized carbons (Fsp3) is 0.500. The first-order valence-electron chi connectivity index (χ1n) is 6.92. The molecule has 1 aliphatic rings. The Hall–Kier alpha value is -2.15. The molecule has 114 valence electrons. The van der Waals surface area contributed by atoms with Gasteiger partial charge in [0.2, 0.25) is 0 Å². The van der Waals surface area contributed by atoms with E-state index in [9.17, 15) is 9.59 Å². The molecule has 0 aromatic carbocycles. The zero-order valence-electron chi connectivity index (χ0n) is 12.0. The van der Waals surface area contributed by atoms with E-state index in [-0.39, 0.29) is 30.1 Å². The number of amides is 1. The maximum atomic E-state index is 12.0. The lowest BCUT2D eigenvalue weighted by molar-refractivity contribution is -0.138. The first-order valence-corrected chi connectivity index (χ1v) is 6.92. The number of carboxylic acids is 1. The second-order valence-electron chi connectivity index (χ2n) is 5.31. The Morgan fingerprint density at radius 2 is 2.14 bits per heavy atom. The Morgan fingerprint density at radius 1 is 1.43 bits per heavy atom. The molecular formula is C14H20N4O3. The zero-order chi connectivity index (χ0) is 15.4. The normalized spacial score (nSPS) is 22.1. The van der Waals surface area contributed by atoms with Crippen LogP contribution in [0.2, 0.25) is 0 Å². The van der Waals surface area contributed by atoms with Crippen molar-refractivity contribution in [3.8, 4) is 0 Å². The van der Waals surface area contributed by atoms with E-state index in [2.05, 4.69) is 10.3 Å². The van der Waals surface area contributed by atoms with E-state index in [0.717, 1.165) is 12.8 Å². The number of aliphatic carboxylic acids is 1. The van der Waals surface area contributed by atoms with Crippen LogP contribution in [0.1, 0.15) is 29.8 Å². The minimum absolute atomic E-state index is 0.0369. The van der Waals surface area contributed by atoms with Crippen molar-refractivity contribution in [2.45, 2.75) is 31.3 Å². The van der Waals surface area contributed by atoms with Crippen molar-refractivity contribution in [1.82, 2.24) is 15.2 Å². The van der Waals surface area contributed by atoms with Gasteiger partial charge in [-0.1, -0.05) is 6.07 Å². The molecule has 2 heterocycles. The number of nitrogen functional groups attached to an aromatic ring is 1.